The minimum atomic E-state index is 0.0740. The van der Waals surface area contributed by atoms with Gasteiger partial charge in [-0.05, 0) is 11.5 Å². The van der Waals surface area contributed by atoms with Gasteiger partial charge in [-0.25, -0.2) is 0 Å². The van der Waals surface area contributed by atoms with Crippen LogP contribution in [0.2, 0.25) is 0 Å². The first kappa shape index (κ1) is 14.0. The number of hydrogen-bond acceptors (Lipinski definition) is 4. The number of fused-ring (bicyclic) bond motifs is 1. The third-order valence-electron chi connectivity index (χ3n) is 3.79. The lowest BCUT2D eigenvalue weighted by atomic mass is 10.0. The third-order valence-corrected chi connectivity index (χ3v) is 7.18. The van der Waals surface area contributed by atoms with Crippen molar-refractivity contribution >= 4 is 40.1 Å². The second-order valence-corrected chi connectivity index (χ2v) is 8.13. The van der Waals surface area contributed by atoms with Gasteiger partial charge in [-0.2, -0.15) is 11.8 Å². The molecule has 104 valence electrons. The molecule has 0 N–H and O–H groups in total. The van der Waals surface area contributed by atoms with Crippen LogP contribution in [0.1, 0.15) is 24.2 Å². The summed E-state index contributed by atoms with van der Waals surface area (Å²) < 4.78 is 0. The van der Waals surface area contributed by atoms with Crippen molar-refractivity contribution in [2.24, 2.45) is 0 Å². The average molecular weight is 303 g/mol. The molecular weight excluding hydrogens is 286 g/mol. The van der Waals surface area contributed by atoms with Crippen LogP contribution in [-0.4, -0.2) is 32.3 Å². The first-order valence-electron chi connectivity index (χ1n) is 6.81. The summed E-state index contributed by atoms with van der Waals surface area (Å²) in [6, 6.07) is 7.84. The van der Waals surface area contributed by atoms with Gasteiger partial charge in [0.25, 0.3) is 0 Å². The first-order valence-corrected chi connectivity index (χ1v) is 8.80. The summed E-state index contributed by atoms with van der Waals surface area (Å²) in [7, 11) is 0. The molecule has 2 nitrogen and oxygen atoms in total. The van der Waals surface area contributed by atoms with Gasteiger partial charge in [-0.3, -0.25) is 9.78 Å². The zero-order valence-corrected chi connectivity index (χ0v) is 13.2. The molecule has 1 aromatic carbocycles. The van der Waals surface area contributed by atoms with Crippen molar-refractivity contribution in [3.05, 3.63) is 42.2 Å². The highest BCUT2D eigenvalue weighted by molar-refractivity contribution is 8.08. The fraction of sp³-hybridized carbons (Fsp3) is 0.375. The molecule has 0 amide bonds. The van der Waals surface area contributed by atoms with Gasteiger partial charge in [0, 0.05) is 39.6 Å². The lowest BCUT2D eigenvalue weighted by molar-refractivity contribution is 0.0996. The molecule has 1 saturated heterocycles. The van der Waals surface area contributed by atoms with Crippen LogP contribution in [0.15, 0.2) is 36.7 Å². The summed E-state index contributed by atoms with van der Waals surface area (Å²) in [5.74, 6) is 1.18. The van der Waals surface area contributed by atoms with Crippen molar-refractivity contribution in [2.75, 3.05) is 5.75 Å². The zero-order valence-electron chi connectivity index (χ0n) is 11.6. The molecule has 0 aliphatic carbocycles. The summed E-state index contributed by atoms with van der Waals surface area (Å²) in [6.45, 7) is 4.46. The van der Waals surface area contributed by atoms with Gasteiger partial charge in [0.1, 0.15) is 0 Å². The highest BCUT2D eigenvalue weighted by Gasteiger charge is 2.31. The number of carbonyl (C=O) groups excluding carboxylic acids is 1. The van der Waals surface area contributed by atoms with Gasteiger partial charge in [-0.1, -0.05) is 32.0 Å². The van der Waals surface area contributed by atoms with E-state index in [1.807, 2.05) is 54.0 Å². The van der Waals surface area contributed by atoms with Crippen LogP contribution in [0.5, 0.6) is 0 Å². The maximum Gasteiger partial charge on any atom is 0.177 e. The quantitative estimate of drug-likeness (QED) is 0.783. The molecule has 2 heterocycles. The number of aromatic nitrogens is 1. The Kier molecular flexibility index (Phi) is 4.03. The standard InChI is InChI=1S/C16H17NOS2/c1-10-11(2)20-15(9-19-10)16(18)14-5-3-4-12-8-17-7-6-13(12)14/h3-8,10-11,15H,9H2,1-2H3. The van der Waals surface area contributed by atoms with Crippen LogP contribution in [0, 0.1) is 0 Å². The predicted octanol–water partition coefficient (Wildman–Crippen LogP) is 4.04. The Morgan fingerprint density at radius 3 is 2.90 bits per heavy atom. The maximum atomic E-state index is 12.8. The molecule has 0 spiro atoms. The number of hydrogen-bond donors (Lipinski definition) is 0. The predicted molar refractivity (Wildman–Crippen MR) is 88.8 cm³/mol. The Bertz CT molecular complexity index is 638. The van der Waals surface area contributed by atoms with Gasteiger partial charge in [0.2, 0.25) is 0 Å². The Labute approximate surface area is 127 Å². The fourth-order valence-corrected chi connectivity index (χ4v) is 5.30. The number of ketones is 1. The average Bonchev–Trinajstić information content (AvgIpc) is 2.49. The van der Waals surface area contributed by atoms with E-state index < -0.39 is 0 Å². The highest BCUT2D eigenvalue weighted by Crippen LogP contribution is 2.37. The summed E-state index contributed by atoms with van der Waals surface area (Å²) in [4.78, 5) is 16.9. The first-order chi connectivity index (χ1) is 9.66. The number of nitrogens with zero attached hydrogens (tertiary/aromatic N) is 1. The molecule has 2 aromatic rings. The normalized spacial score (nSPS) is 26.6. The third kappa shape index (κ3) is 2.59. The zero-order chi connectivity index (χ0) is 14.1. The van der Waals surface area contributed by atoms with E-state index in [0.29, 0.717) is 10.5 Å². The van der Waals surface area contributed by atoms with Crippen LogP contribution < -0.4 is 0 Å². The Morgan fingerprint density at radius 2 is 2.10 bits per heavy atom. The molecule has 0 radical (unpaired) electrons. The number of rotatable bonds is 2. The van der Waals surface area contributed by atoms with Gasteiger partial charge in [0.15, 0.2) is 5.78 Å². The largest absolute Gasteiger partial charge is 0.293 e. The summed E-state index contributed by atoms with van der Waals surface area (Å²) >= 11 is 3.73. The van der Waals surface area contributed by atoms with Crippen LogP contribution in [0.4, 0.5) is 0 Å². The summed E-state index contributed by atoms with van der Waals surface area (Å²) in [5, 5.41) is 3.28. The molecule has 1 aliphatic rings. The highest BCUT2D eigenvalue weighted by atomic mass is 32.2. The molecule has 1 aromatic heterocycles. The molecule has 3 atom stereocenters. The molecule has 1 fully saturated rings. The van der Waals surface area contributed by atoms with Gasteiger partial charge in [-0.15, -0.1) is 11.8 Å². The van der Waals surface area contributed by atoms with Gasteiger partial charge >= 0.3 is 0 Å². The van der Waals surface area contributed by atoms with E-state index in [0.717, 1.165) is 22.1 Å². The summed E-state index contributed by atoms with van der Waals surface area (Å²) in [6.07, 6.45) is 3.58. The molecule has 3 unspecified atom stereocenters. The Balaban J connectivity index is 1.93. The smallest absolute Gasteiger partial charge is 0.177 e. The SMILES string of the molecule is CC1SCC(C(=O)c2cccc3cnccc23)SC1C. The number of carbonyl (C=O) groups is 1. The molecule has 0 saturated carbocycles. The van der Waals surface area contributed by atoms with Crippen LogP contribution in [0.25, 0.3) is 10.8 Å². The summed E-state index contributed by atoms with van der Waals surface area (Å²) in [5.41, 5.74) is 0.838. The van der Waals surface area contributed by atoms with Crippen molar-refractivity contribution in [1.82, 2.24) is 4.98 Å². The maximum absolute atomic E-state index is 12.8. The van der Waals surface area contributed by atoms with Crippen LogP contribution in [0.3, 0.4) is 0 Å². The minimum Gasteiger partial charge on any atom is -0.293 e. The molecule has 0 bridgehead atoms. The molecular formula is C16H17NOS2. The van der Waals surface area contributed by atoms with E-state index >= 15 is 0 Å². The number of Topliss-reactive ketones (excluding diaryl/α,β-unsaturated/α-hetero) is 1. The van der Waals surface area contributed by atoms with Crippen molar-refractivity contribution < 1.29 is 4.79 Å². The number of pyridine rings is 1. The van der Waals surface area contributed by atoms with Crippen molar-refractivity contribution in [1.29, 1.82) is 0 Å². The Hall–Kier alpha value is -1.000. The minimum absolute atomic E-state index is 0.0740. The second kappa shape index (κ2) is 5.78. The number of benzene rings is 1. The Morgan fingerprint density at radius 1 is 1.25 bits per heavy atom. The van der Waals surface area contributed by atoms with E-state index in [2.05, 4.69) is 18.8 Å². The van der Waals surface area contributed by atoms with Crippen molar-refractivity contribution in [3.8, 4) is 0 Å². The molecule has 3 rings (SSSR count). The molecule has 20 heavy (non-hydrogen) atoms. The van der Waals surface area contributed by atoms with Crippen LogP contribution >= 0.6 is 23.5 Å². The second-order valence-electron chi connectivity index (χ2n) is 5.13. The van der Waals surface area contributed by atoms with Crippen molar-refractivity contribution in [2.45, 2.75) is 29.6 Å². The van der Waals surface area contributed by atoms with E-state index in [-0.39, 0.29) is 11.0 Å². The van der Waals surface area contributed by atoms with E-state index in [9.17, 15) is 4.79 Å². The topological polar surface area (TPSA) is 30.0 Å². The fourth-order valence-electron chi connectivity index (χ4n) is 2.43. The monoisotopic (exact) mass is 303 g/mol. The van der Waals surface area contributed by atoms with Gasteiger partial charge in [0.05, 0.1) is 5.25 Å². The number of thioether (sulfide) groups is 2. The van der Waals surface area contributed by atoms with Crippen molar-refractivity contribution in [3.63, 3.8) is 0 Å². The van der Waals surface area contributed by atoms with E-state index in [4.69, 9.17) is 0 Å². The van der Waals surface area contributed by atoms with Gasteiger partial charge < -0.3 is 0 Å². The van der Waals surface area contributed by atoms with Crippen LogP contribution in [-0.2, 0) is 0 Å². The molecule has 4 heteroatoms. The molecule has 1 aliphatic heterocycles. The van der Waals surface area contributed by atoms with E-state index in [1.165, 1.54) is 0 Å². The lowest BCUT2D eigenvalue weighted by Crippen LogP contribution is -2.31. The lowest BCUT2D eigenvalue weighted by Gasteiger charge is -2.30. The van der Waals surface area contributed by atoms with E-state index in [1.54, 1.807) is 6.20 Å².